The maximum Gasteiger partial charge on any atom is 0.433 e. The molecule has 1 atom stereocenters. The van der Waals surface area contributed by atoms with Gasteiger partial charge in [0.15, 0.2) is 11.9 Å². The Labute approximate surface area is 206 Å². The average Bonchev–Trinajstić information content (AvgIpc) is 3.45. The van der Waals surface area contributed by atoms with Gasteiger partial charge >= 0.3 is 6.18 Å². The molecule has 6 rings (SSSR count). The predicted octanol–water partition coefficient (Wildman–Crippen LogP) is 4.00. The summed E-state index contributed by atoms with van der Waals surface area (Å²) in [5, 5.41) is 4.66. The number of hydrogen-bond acceptors (Lipinski definition) is 8. The number of nitrogens with zero attached hydrogens (tertiary/aromatic N) is 8. The molecule has 0 bridgehead atoms. The maximum atomic E-state index is 13.2. The fraction of sp³-hybridized carbons (Fsp3) is 0.542. The third kappa shape index (κ3) is 3.97. The van der Waals surface area contributed by atoms with Gasteiger partial charge in [0.05, 0.1) is 6.20 Å². The average molecular weight is 501 g/mol. The molecule has 9 nitrogen and oxygen atoms in total. The fourth-order valence-electron chi connectivity index (χ4n) is 5.50. The molecule has 0 aromatic carbocycles. The Morgan fingerprint density at radius 3 is 2.64 bits per heavy atom. The van der Waals surface area contributed by atoms with Crippen molar-refractivity contribution in [3.63, 3.8) is 0 Å². The van der Waals surface area contributed by atoms with Crippen LogP contribution in [0, 0.1) is 12.3 Å². The number of hydrogen-bond donors (Lipinski definition) is 0. The summed E-state index contributed by atoms with van der Waals surface area (Å²) in [5.74, 6) is 1.21. The molecule has 0 saturated carbocycles. The SMILES string of the molecule is C=Cc1nn(C2CCCCO2)c2nc(N3CCC4(CN(c5cc(C(F)(F)F)nc(C)n5)C4)C3)cnc12. The van der Waals surface area contributed by atoms with Crippen molar-refractivity contribution < 1.29 is 17.9 Å². The molecule has 1 spiro atoms. The fourth-order valence-corrected chi connectivity index (χ4v) is 5.50. The second kappa shape index (κ2) is 8.39. The van der Waals surface area contributed by atoms with Crippen LogP contribution in [0.5, 0.6) is 0 Å². The van der Waals surface area contributed by atoms with Crippen molar-refractivity contribution in [2.45, 2.75) is 45.0 Å². The summed E-state index contributed by atoms with van der Waals surface area (Å²) in [4.78, 5) is 21.5. The van der Waals surface area contributed by atoms with Gasteiger partial charge in [-0.05, 0) is 38.7 Å². The molecule has 3 aliphatic heterocycles. The van der Waals surface area contributed by atoms with Gasteiger partial charge < -0.3 is 14.5 Å². The molecule has 3 aromatic rings. The van der Waals surface area contributed by atoms with E-state index in [0.29, 0.717) is 42.4 Å². The Morgan fingerprint density at radius 1 is 1.11 bits per heavy atom. The lowest BCUT2D eigenvalue weighted by molar-refractivity contribution is -0.141. The van der Waals surface area contributed by atoms with Gasteiger partial charge in [-0.25, -0.2) is 24.6 Å². The summed E-state index contributed by atoms with van der Waals surface area (Å²) < 4.78 is 47.4. The largest absolute Gasteiger partial charge is 0.433 e. The minimum Gasteiger partial charge on any atom is -0.356 e. The van der Waals surface area contributed by atoms with Gasteiger partial charge in [-0.1, -0.05) is 6.58 Å². The van der Waals surface area contributed by atoms with Crippen LogP contribution in [-0.2, 0) is 10.9 Å². The molecule has 3 aromatic heterocycles. The first-order chi connectivity index (χ1) is 17.2. The van der Waals surface area contributed by atoms with Crippen LogP contribution in [0.3, 0.4) is 0 Å². The number of rotatable bonds is 4. The van der Waals surface area contributed by atoms with Crippen LogP contribution >= 0.6 is 0 Å². The number of halogens is 3. The molecule has 0 aliphatic carbocycles. The highest BCUT2D eigenvalue weighted by Crippen LogP contribution is 2.43. The van der Waals surface area contributed by atoms with E-state index in [2.05, 4.69) is 31.5 Å². The molecular formula is C24H27F3N8O. The molecule has 1 unspecified atom stereocenters. The van der Waals surface area contributed by atoms with Gasteiger partial charge in [-0.2, -0.15) is 18.3 Å². The highest BCUT2D eigenvalue weighted by atomic mass is 19.4. The predicted molar refractivity (Wildman–Crippen MR) is 128 cm³/mol. The Bertz CT molecular complexity index is 1310. The zero-order chi connectivity index (χ0) is 25.1. The first-order valence-electron chi connectivity index (χ1n) is 12.2. The monoisotopic (exact) mass is 500 g/mol. The maximum absolute atomic E-state index is 13.2. The lowest BCUT2D eigenvalue weighted by Crippen LogP contribution is -2.58. The van der Waals surface area contributed by atoms with Crippen molar-refractivity contribution >= 4 is 28.9 Å². The number of ether oxygens (including phenoxy) is 1. The van der Waals surface area contributed by atoms with E-state index in [1.165, 1.54) is 6.92 Å². The number of aryl methyl sites for hydroxylation is 1. The van der Waals surface area contributed by atoms with E-state index in [9.17, 15) is 13.2 Å². The van der Waals surface area contributed by atoms with E-state index >= 15 is 0 Å². The highest BCUT2D eigenvalue weighted by molar-refractivity contribution is 5.81. The summed E-state index contributed by atoms with van der Waals surface area (Å²) in [7, 11) is 0. The van der Waals surface area contributed by atoms with Crippen LogP contribution in [0.1, 0.15) is 49.1 Å². The first kappa shape index (κ1) is 23.1. The van der Waals surface area contributed by atoms with Crippen LogP contribution in [0.25, 0.3) is 17.2 Å². The third-order valence-electron chi connectivity index (χ3n) is 7.29. The van der Waals surface area contributed by atoms with Crippen molar-refractivity contribution in [1.29, 1.82) is 0 Å². The Morgan fingerprint density at radius 2 is 1.92 bits per heavy atom. The number of aromatic nitrogens is 6. The van der Waals surface area contributed by atoms with Gasteiger partial charge in [0, 0.05) is 44.3 Å². The molecule has 36 heavy (non-hydrogen) atoms. The second-order valence-corrected chi connectivity index (χ2v) is 9.94. The number of fused-ring (bicyclic) bond motifs is 1. The Kier molecular flexibility index (Phi) is 5.39. The zero-order valence-corrected chi connectivity index (χ0v) is 20.0. The summed E-state index contributed by atoms with van der Waals surface area (Å²) in [6.07, 6.45) is 2.70. The molecule has 3 aliphatic rings. The minimum absolute atomic E-state index is 0.0209. The normalized spacial score (nSPS) is 21.8. The van der Waals surface area contributed by atoms with E-state index in [-0.39, 0.29) is 17.5 Å². The summed E-state index contributed by atoms with van der Waals surface area (Å²) >= 11 is 0. The molecule has 0 radical (unpaired) electrons. The number of alkyl halides is 3. The van der Waals surface area contributed by atoms with E-state index in [4.69, 9.17) is 9.72 Å². The highest BCUT2D eigenvalue weighted by Gasteiger charge is 2.49. The standard InChI is InChI=1S/C24H27F3N8O/c1-3-16-21-22(35(32-16)20-6-4-5-9-36-20)31-19(11-28-21)33-8-7-23(12-33)13-34(14-23)18-10-17(24(25,26)27)29-15(2)30-18/h3,10-11,20H,1,4-9,12-14H2,2H3. The summed E-state index contributed by atoms with van der Waals surface area (Å²) in [6, 6.07) is 1.04. The van der Waals surface area contributed by atoms with Crippen LogP contribution < -0.4 is 9.80 Å². The van der Waals surface area contributed by atoms with Gasteiger partial charge in [0.25, 0.3) is 0 Å². The topological polar surface area (TPSA) is 85.1 Å². The van der Waals surface area contributed by atoms with Crippen LogP contribution in [0.2, 0.25) is 0 Å². The van der Waals surface area contributed by atoms with Crippen LogP contribution in [0.15, 0.2) is 18.8 Å². The molecule has 190 valence electrons. The molecule has 0 amide bonds. The lowest BCUT2D eigenvalue weighted by Gasteiger charge is -2.48. The molecule has 6 heterocycles. The zero-order valence-electron chi connectivity index (χ0n) is 20.0. The Hall–Kier alpha value is -3.28. The molecule has 0 N–H and O–H groups in total. The van der Waals surface area contributed by atoms with Crippen molar-refractivity contribution in [3.05, 3.63) is 36.1 Å². The van der Waals surface area contributed by atoms with E-state index < -0.39 is 11.9 Å². The van der Waals surface area contributed by atoms with Gasteiger partial charge in [-0.15, -0.1) is 0 Å². The van der Waals surface area contributed by atoms with E-state index in [1.54, 1.807) is 12.3 Å². The van der Waals surface area contributed by atoms with Crippen molar-refractivity contribution in [1.82, 2.24) is 29.7 Å². The molecule has 3 saturated heterocycles. The molecule has 3 fully saturated rings. The van der Waals surface area contributed by atoms with Crippen molar-refractivity contribution in [2.75, 3.05) is 42.6 Å². The van der Waals surface area contributed by atoms with Crippen molar-refractivity contribution in [2.24, 2.45) is 5.41 Å². The quantitative estimate of drug-likeness (QED) is 0.532. The molecular weight excluding hydrogens is 473 g/mol. The van der Waals surface area contributed by atoms with E-state index in [1.807, 2.05) is 9.58 Å². The second-order valence-electron chi connectivity index (χ2n) is 9.94. The third-order valence-corrected chi connectivity index (χ3v) is 7.29. The van der Waals surface area contributed by atoms with E-state index in [0.717, 1.165) is 50.7 Å². The van der Waals surface area contributed by atoms with Gasteiger partial charge in [0.1, 0.15) is 34.4 Å². The minimum atomic E-state index is -4.49. The Balaban J connectivity index is 1.21. The first-order valence-corrected chi connectivity index (χ1v) is 12.2. The lowest BCUT2D eigenvalue weighted by atomic mass is 9.79. The number of anilines is 2. The van der Waals surface area contributed by atoms with Gasteiger partial charge in [0.2, 0.25) is 0 Å². The van der Waals surface area contributed by atoms with Crippen LogP contribution in [-0.4, -0.2) is 62.5 Å². The molecule has 12 heteroatoms. The van der Waals surface area contributed by atoms with Crippen LogP contribution in [0.4, 0.5) is 24.8 Å². The van der Waals surface area contributed by atoms with Crippen molar-refractivity contribution in [3.8, 4) is 0 Å². The summed E-state index contributed by atoms with van der Waals surface area (Å²) in [5.41, 5.74) is 1.14. The summed E-state index contributed by atoms with van der Waals surface area (Å²) in [6.45, 7) is 8.88. The smallest absolute Gasteiger partial charge is 0.356 e. The van der Waals surface area contributed by atoms with Gasteiger partial charge in [-0.3, -0.25) is 0 Å².